The number of benzene rings is 2. The maximum Gasteiger partial charge on any atom is 0.261 e. The highest BCUT2D eigenvalue weighted by Crippen LogP contribution is 2.37. The SMILES string of the molecule is CC(C)(C)[Si](OCC(=O)SC1CC(=O)N1)(c1ccccc1)c1ccccc1. The molecule has 0 aromatic heterocycles. The molecule has 0 spiro atoms. The molecule has 6 heteroatoms. The Morgan fingerprint density at radius 2 is 1.56 bits per heavy atom. The van der Waals surface area contributed by atoms with Gasteiger partial charge in [0, 0.05) is 0 Å². The van der Waals surface area contributed by atoms with Crippen LogP contribution in [0.5, 0.6) is 0 Å². The summed E-state index contributed by atoms with van der Waals surface area (Å²) in [4.78, 5) is 23.5. The third-order valence-corrected chi connectivity index (χ3v) is 10.7. The first-order valence-corrected chi connectivity index (χ1v) is 11.9. The number of β-lactam (4-membered cyclic amide) rings is 1. The lowest BCUT2D eigenvalue weighted by atomic mass is 10.2. The van der Waals surface area contributed by atoms with Gasteiger partial charge in [-0.05, 0) is 15.4 Å². The molecule has 4 nitrogen and oxygen atoms in total. The highest BCUT2D eigenvalue weighted by atomic mass is 32.2. The normalized spacial score (nSPS) is 17.1. The van der Waals surface area contributed by atoms with Crippen molar-refractivity contribution in [1.29, 1.82) is 0 Å². The molecule has 2 aromatic rings. The highest BCUT2D eigenvalue weighted by Gasteiger charge is 2.50. The smallest absolute Gasteiger partial charge is 0.261 e. The largest absolute Gasteiger partial charge is 0.399 e. The number of rotatable bonds is 6. The summed E-state index contributed by atoms with van der Waals surface area (Å²) in [6, 6.07) is 20.5. The predicted octanol–water partition coefficient (Wildman–Crippen LogP) is 2.67. The van der Waals surface area contributed by atoms with Gasteiger partial charge in [-0.25, -0.2) is 0 Å². The number of carbonyl (C=O) groups excluding carboxylic acids is 2. The van der Waals surface area contributed by atoms with Crippen LogP contribution in [0.4, 0.5) is 0 Å². The zero-order chi connectivity index (χ0) is 19.5. The summed E-state index contributed by atoms with van der Waals surface area (Å²) in [7, 11) is -2.69. The Kier molecular flexibility index (Phi) is 5.88. The Labute approximate surface area is 165 Å². The van der Waals surface area contributed by atoms with E-state index in [9.17, 15) is 9.59 Å². The molecular weight excluding hydrogens is 374 g/mol. The number of carbonyl (C=O) groups is 2. The second-order valence-corrected chi connectivity index (χ2v) is 13.3. The lowest BCUT2D eigenvalue weighted by Gasteiger charge is -2.42. The standard InChI is InChI=1S/C21H25NO3SSi/c1-21(2,3)27(16-10-6-4-7-11-16,17-12-8-5-9-13-17)25-15-20(24)26-19-14-18(23)22-19/h4-13,19H,14-15H2,1-3H3,(H,22,23). The minimum atomic E-state index is -2.69. The molecule has 1 saturated heterocycles. The van der Waals surface area contributed by atoms with E-state index in [1.54, 1.807) is 0 Å². The summed E-state index contributed by atoms with van der Waals surface area (Å²) in [5.74, 6) is -0.00629. The lowest BCUT2D eigenvalue weighted by molar-refractivity contribution is -0.126. The predicted molar refractivity (Wildman–Crippen MR) is 113 cm³/mol. The number of nitrogens with one attached hydrogen (secondary N) is 1. The fraction of sp³-hybridized carbons (Fsp3) is 0.333. The monoisotopic (exact) mass is 399 g/mol. The van der Waals surface area contributed by atoms with E-state index in [4.69, 9.17) is 4.43 Å². The first-order chi connectivity index (χ1) is 12.8. The van der Waals surface area contributed by atoms with Crippen molar-refractivity contribution >= 4 is 41.5 Å². The number of hydrogen-bond acceptors (Lipinski definition) is 4. The van der Waals surface area contributed by atoms with Crippen molar-refractivity contribution in [3.63, 3.8) is 0 Å². The first-order valence-electron chi connectivity index (χ1n) is 9.07. The van der Waals surface area contributed by atoms with Crippen LogP contribution in [0.3, 0.4) is 0 Å². The molecule has 1 unspecified atom stereocenters. The number of amides is 1. The molecule has 1 atom stereocenters. The molecule has 0 bridgehead atoms. The minimum absolute atomic E-state index is 0.00629. The molecule has 1 N–H and O–H groups in total. The molecule has 1 aliphatic rings. The maximum absolute atomic E-state index is 12.5. The van der Waals surface area contributed by atoms with E-state index in [-0.39, 0.29) is 28.0 Å². The molecule has 1 amide bonds. The molecule has 27 heavy (non-hydrogen) atoms. The van der Waals surface area contributed by atoms with Crippen LogP contribution in [-0.4, -0.2) is 31.3 Å². The Hall–Kier alpha value is -1.89. The Morgan fingerprint density at radius 1 is 1.07 bits per heavy atom. The van der Waals surface area contributed by atoms with Crippen molar-refractivity contribution < 1.29 is 14.0 Å². The quantitative estimate of drug-likeness (QED) is 0.599. The van der Waals surface area contributed by atoms with E-state index in [1.165, 1.54) is 0 Å². The van der Waals surface area contributed by atoms with Gasteiger partial charge < -0.3 is 9.74 Å². The summed E-state index contributed by atoms with van der Waals surface area (Å²) in [5, 5.41) is 4.70. The van der Waals surface area contributed by atoms with Crippen LogP contribution < -0.4 is 15.7 Å². The van der Waals surface area contributed by atoms with Gasteiger partial charge in [0.05, 0.1) is 11.8 Å². The zero-order valence-corrected chi connectivity index (χ0v) is 17.7. The minimum Gasteiger partial charge on any atom is -0.399 e. The van der Waals surface area contributed by atoms with Crippen LogP contribution in [0.25, 0.3) is 0 Å². The van der Waals surface area contributed by atoms with Gasteiger partial charge in [0.1, 0.15) is 6.61 Å². The summed E-state index contributed by atoms with van der Waals surface area (Å²) < 4.78 is 6.58. The van der Waals surface area contributed by atoms with Gasteiger partial charge >= 0.3 is 0 Å². The summed E-state index contributed by atoms with van der Waals surface area (Å²) in [6.07, 6.45) is 0.398. The molecule has 1 heterocycles. The van der Waals surface area contributed by atoms with Crippen LogP contribution >= 0.6 is 11.8 Å². The zero-order valence-electron chi connectivity index (χ0n) is 15.9. The fourth-order valence-electron chi connectivity index (χ4n) is 3.52. The highest BCUT2D eigenvalue weighted by molar-refractivity contribution is 8.14. The second-order valence-electron chi connectivity index (χ2n) is 7.70. The number of thioether (sulfide) groups is 1. The number of hydrogen-bond donors (Lipinski definition) is 1. The van der Waals surface area contributed by atoms with E-state index < -0.39 is 8.32 Å². The van der Waals surface area contributed by atoms with Gasteiger partial charge in [0.2, 0.25) is 11.0 Å². The molecule has 2 aromatic carbocycles. The van der Waals surface area contributed by atoms with Gasteiger partial charge in [-0.2, -0.15) is 0 Å². The van der Waals surface area contributed by atoms with Gasteiger partial charge in [-0.3, -0.25) is 9.59 Å². The summed E-state index contributed by atoms with van der Waals surface area (Å²) in [5.41, 5.74) is 0. The van der Waals surface area contributed by atoms with Crippen LogP contribution in [-0.2, 0) is 14.0 Å². The van der Waals surface area contributed by atoms with Crippen molar-refractivity contribution in [3.05, 3.63) is 60.7 Å². The van der Waals surface area contributed by atoms with Crippen molar-refractivity contribution in [2.45, 2.75) is 37.6 Å². The van der Waals surface area contributed by atoms with Gasteiger partial charge in [0.25, 0.3) is 8.32 Å². The van der Waals surface area contributed by atoms with Crippen LogP contribution in [0.1, 0.15) is 27.2 Å². The average molecular weight is 400 g/mol. The Balaban J connectivity index is 1.92. The molecule has 0 aliphatic carbocycles. The Morgan fingerprint density at radius 3 is 1.96 bits per heavy atom. The van der Waals surface area contributed by atoms with E-state index in [1.807, 2.05) is 36.4 Å². The molecule has 1 fully saturated rings. The third kappa shape index (κ3) is 4.18. The molecule has 0 radical (unpaired) electrons. The van der Waals surface area contributed by atoms with Crippen LogP contribution in [0.15, 0.2) is 60.7 Å². The van der Waals surface area contributed by atoms with E-state index >= 15 is 0 Å². The average Bonchev–Trinajstić information content (AvgIpc) is 2.61. The topological polar surface area (TPSA) is 55.4 Å². The summed E-state index contributed by atoms with van der Waals surface area (Å²) in [6.45, 7) is 6.58. The van der Waals surface area contributed by atoms with E-state index in [2.05, 4.69) is 50.4 Å². The third-order valence-electron chi connectivity index (χ3n) is 4.79. The van der Waals surface area contributed by atoms with Gasteiger partial charge in [-0.1, -0.05) is 93.2 Å². The van der Waals surface area contributed by atoms with E-state index in [0.717, 1.165) is 22.1 Å². The van der Waals surface area contributed by atoms with Crippen LogP contribution in [0.2, 0.25) is 5.04 Å². The molecular formula is C21H25NO3SSi. The van der Waals surface area contributed by atoms with Gasteiger partial charge in [0.15, 0.2) is 0 Å². The lowest BCUT2D eigenvalue weighted by Crippen LogP contribution is -2.67. The maximum atomic E-state index is 12.5. The van der Waals surface area contributed by atoms with Crippen molar-refractivity contribution in [3.8, 4) is 0 Å². The molecule has 3 rings (SSSR count). The molecule has 1 aliphatic heterocycles. The molecule has 0 saturated carbocycles. The summed E-state index contributed by atoms with van der Waals surface area (Å²) >= 11 is 1.16. The van der Waals surface area contributed by atoms with E-state index in [0.29, 0.717) is 6.42 Å². The van der Waals surface area contributed by atoms with Crippen molar-refractivity contribution in [1.82, 2.24) is 5.32 Å². The van der Waals surface area contributed by atoms with Gasteiger partial charge in [-0.15, -0.1) is 0 Å². The fourth-order valence-corrected chi connectivity index (χ4v) is 9.00. The van der Waals surface area contributed by atoms with Crippen LogP contribution in [0, 0.1) is 0 Å². The first kappa shape index (κ1) is 19.9. The molecule has 142 valence electrons. The second kappa shape index (κ2) is 8.00. The van der Waals surface area contributed by atoms with Crippen molar-refractivity contribution in [2.24, 2.45) is 0 Å². The van der Waals surface area contributed by atoms with Crippen molar-refractivity contribution in [2.75, 3.05) is 6.61 Å². The Bertz CT molecular complexity index is 758.